The van der Waals surface area contributed by atoms with Crippen molar-refractivity contribution in [3.63, 3.8) is 0 Å². The normalized spacial score (nSPS) is 19.9. The molecule has 1 saturated heterocycles. The van der Waals surface area contributed by atoms with E-state index in [9.17, 15) is 23.6 Å². The van der Waals surface area contributed by atoms with Crippen molar-refractivity contribution in [2.75, 3.05) is 10.2 Å². The van der Waals surface area contributed by atoms with Crippen LogP contribution in [0.2, 0.25) is 0 Å². The molecular formula is C29H21BrFN3O4S2. The van der Waals surface area contributed by atoms with Gasteiger partial charge in [-0.3, -0.25) is 23.7 Å². The first-order chi connectivity index (χ1) is 19.2. The Hall–Kier alpha value is -3.54. The molecule has 11 heteroatoms. The van der Waals surface area contributed by atoms with Gasteiger partial charge in [-0.15, -0.1) is 0 Å². The summed E-state index contributed by atoms with van der Waals surface area (Å²) in [5, 5.41) is 2.51. The first-order valence-electron chi connectivity index (χ1n) is 12.4. The molecule has 3 heterocycles. The molecule has 202 valence electrons. The average molecular weight is 639 g/mol. The predicted molar refractivity (Wildman–Crippen MR) is 156 cm³/mol. The predicted octanol–water partition coefficient (Wildman–Crippen LogP) is 5.55. The highest BCUT2D eigenvalue weighted by molar-refractivity contribution is 9.10. The fourth-order valence-electron chi connectivity index (χ4n) is 5.23. The zero-order valence-corrected chi connectivity index (χ0v) is 24.2. The summed E-state index contributed by atoms with van der Waals surface area (Å²) in [6, 6.07) is 20.0. The Kier molecular flexibility index (Phi) is 6.97. The van der Waals surface area contributed by atoms with Crippen LogP contribution in [0.4, 0.5) is 15.8 Å². The number of halogens is 2. The molecule has 3 aromatic carbocycles. The van der Waals surface area contributed by atoms with Gasteiger partial charge in [0.15, 0.2) is 0 Å². The number of amides is 3. The van der Waals surface area contributed by atoms with Gasteiger partial charge < -0.3 is 5.32 Å². The fourth-order valence-corrected chi connectivity index (χ4v) is 8.42. The van der Waals surface area contributed by atoms with Crippen molar-refractivity contribution in [1.29, 1.82) is 0 Å². The number of hydrogen-bond acceptors (Lipinski definition) is 6. The van der Waals surface area contributed by atoms with Gasteiger partial charge in [0.2, 0.25) is 17.7 Å². The van der Waals surface area contributed by atoms with Gasteiger partial charge in [-0.1, -0.05) is 63.3 Å². The summed E-state index contributed by atoms with van der Waals surface area (Å²) in [5.41, 5.74) is 2.66. The standard InChI is InChI=1S/C29H21BrFN3O4S2/c1-15-4-2-7-19(12-15)32-21(35)14-33-28-25(40-29(33)38)22(16-5-3-6-17(30)13-16)23-24(39-28)27(37)34(26(23)36)20-10-8-18(31)9-11-20/h2-13,22-24H,14H2,1H3,(H,32,35)/t22-,23?,24?/m1/s1. The van der Waals surface area contributed by atoms with Crippen molar-refractivity contribution < 1.29 is 18.8 Å². The van der Waals surface area contributed by atoms with E-state index in [-0.39, 0.29) is 23.0 Å². The van der Waals surface area contributed by atoms with Gasteiger partial charge in [0, 0.05) is 21.0 Å². The molecule has 2 aliphatic rings. The third kappa shape index (κ3) is 4.71. The van der Waals surface area contributed by atoms with Crippen molar-refractivity contribution in [1.82, 2.24) is 4.57 Å². The van der Waals surface area contributed by atoms with Crippen molar-refractivity contribution in [3.8, 4) is 0 Å². The summed E-state index contributed by atoms with van der Waals surface area (Å²) in [6.07, 6.45) is 0. The summed E-state index contributed by atoms with van der Waals surface area (Å²) in [4.78, 5) is 55.2. The van der Waals surface area contributed by atoms with Crippen molar-refractivity contribution in [3.05, 3.63) is 109 Å². The van der Waals surface area contributed by atoms with Crippen LogP contribution in [-0.2, 0) is 20.9 Å². The number of imide groups is 1. The van der Waals surface area contributed by atoms with Crippen LogP contribution < -0.4 is 15.1 Å². The lowest BCUT2D eigenvalue weighted by atomic mass is 9.83. The van der Waals surface area contributed by atoms with Gasteiger partial charge >= 0.3 is 4.87 Å². The van der Waals surface area contributed by atoms with E-state index in [1.54, 1.807) is 6.07 Å². The molecule has 0 bridgehead atoms. The van der Waals surface area contributed by atoms with Gasteiger partial charge in [0.25, 0.3) is 0 Å². The number of rotatable bonds is 5. The minimum absolute atomic E-state index is 0.238. The number of benzene rings is 3. The van der Waals surface area contributed by atoms with Crippen LogP contribution in [0.15, 0.2) is 87.1 Å². The van der Waals surface area contributed by atoms with Crippen molar-refractivity contribution in [2.24, 2.45) is 5.92 Å². The summed E-state index contributed by atoms with van der Waals surface area (Å²) in [6.45, 7) is 1.68. The molecule has 0 saturated carbocycles. The number of carbonyl (C=O) groups is 3. The Morgan fingerprint density at radius 2 is 1.75 bits per heavy atom. The van der Waals surface area contributed by atoms with E-state index in [4.69, 9.17) is 0 Å². The van der Waals surface area contributed by atoms with Gasteiger partial charge in [0.1, 0.15) is 17.6 Å². The molecule has 0 aliphatic carbocycles. The number of nitrogens with zero attached hydrogens (tertiary/aromatic N) is 2. The maximum atomic E-state index is 13.9. The maximum absolute atomic E-state index is 13.9. The molecule has 4 aromatic rings. The Labute approximate surface area is 245 Å². The van der Waals surface area contributed by atoms with E-state index in [1.165, 1.54) is 28.8 Å². The molecule has 2 unspecified atom stereocenters. The number of aromatic nitrogens is 1. The number of nitrogens with one attached hydrogen (secondary N) is 1. The summed E-state index contributed by atoms with van der Waals surface area (Å²) in [7, 11) is 0. The van der Waals surface area contributed by atoms with E-state index in [1.807, 2.05) is 49.4 Å². The topological polar surface area (TPSA) is 88.5 Å². The second kappa shape index (κ2) is 10.5. The van der Waals surface area contributed by atoms with Crippen LogP contribution in [0.25, 0.3) is 0 Å². The minimum Gasteiger partial charge on any atom is -0.325 e. The highest BCUT2D eigenvalue weighted by Crippen LogP contribution is 2.54. The highest BCUT2D eigenvalue weighted by atomic mass is 79.9. The summed E-state index contributed by atoms with van der Waals surface area (Å²) in [5.74, 6) is -3.06. The lowest BCUT2D eigenvalue weighted by molar-refractivity contribution is -0.122. The Morgan fingerprint density at radius 1 is 1.00 bits per heavy atom. The van der Waals surface area contributed by atoms with Gasteiger partial charge in [-0.25, -0.2) is 9.29 Å². The highest BCUT2D eigenvalue weighted by Gasteiger charge is 2.56. The lowest BCUT2D eigenvalue weighted by Gasteiger charge is -2.30. The zero-order chi connectivity index (χ0) is 28.1. The molecule has 40 heavy (non-hydrogen) atoms. The molecule has 6 rings (SSSR count). The molecule has 0 spiro atoms. The molecule has 0 radical (unpaired) electrons. The monoisotopic (exact) mass is 637 g/mol. The molecule has 3 amide bonds. The van der Waals surface area contributed by atoms with Crippen molar-refractivity contribution >= 4 is 68.1 Å². The third-order valence-corrected chi connectivity index (χ3v) is 10.0. The number of carbonyl (C=O) groups excluding carboxylic acids is 3. The summed E-state index contributed by atoms with van der Waals surface area (Å²) < 4.78 is 15.8. The largest absolute Gasteiger partial charge is 0.325 e. The number of thioether (sulfide) groups is 1. The first-order valence-corrected chi connectivity index (χ1v) is 14.9. The SMILES string of the molecule is Cc1cccc(NC(=O)Cn2c3c(sc2=O)[C@H](c2cccc(Br)c2)C2C(=O)N(c4ccc(F)cc4)C(=O)C2S3)c1. The number of fused-ring (bicyclic) bond motifs is 2. The van der Waals surface area contributed by atoms with Gasteiger partial charge in [-0.05, 0) is 66.6 Å². The van der Waals surface area contributed by atoms with Crippen LogP contribution in [0.1, 0.15) is 21.9 Å². The van der Waals surface area contributed by atoms with Crippen LogP contribution in [-0.4, -0.2) is 27.5 Å². The molecule has 1 N–H and O–H groups in total. The molecule has 1 aromatic heterocycles. The van der Waals surface area contributed by atoms with Crippen LogP contribution in [0.3, 0.4) is 0 Å². The number of thiazole rings is 1. The smallest absolute Gasteiger partial charge is 0.308 e. The lowest BCUT2D eigenvalue weighted by Crippen LogP contribution is -2.33. The van der Waals surface area contributed by atoms with E-state index in [0.29, 0.717) is 15.6 Å². The Morgan fingerprint density at radius 3 is 2.48 bits per heavy atom. The first kappa shape index (κ1) is 26.7. The minimum atomic E-state index is -0.825. The quantitative estimate of drug-likeness (QED) is 0.290. The maximum Gasteiger partial charge on any atom is 0.308 e. The van der Waals surface area contributed by atoms with Gasteiger partial charge in [-0.2, -0.15) is 0 Å². The summed E-state index contributed by atoms with van der Waals surface area (Å²) >= 11 is 5.62. The molecule has 7 nitrogen and oxygen atoms in total. The molecule has 3 atom stereocenters. The van der Waals surface area contributed by atoms with Crippen LogP contribution in [0.5, 0.6) is 0 Å². The number of hydrogen-bond donors (Lipinski definition) is 1. The number of anilines is 2. The third-order valence-electron chi connectivity index (χ3n) is 6.95. The fraction of sp³-hybridized carbons (Fsp3) is 0.172. The van der Waals surface area contributed by atoms with E-state index >= 15 is 0 Å². The molecular weight excluding hydrogens is 617 g/mol. The second-order valence-corrected chi connectivity index (χ2v) is 12.7. The molecule has 2 aliphatic heterocycles. The zero-order valence-electron chi connectivity index (χ0n) is 21.0. The van der Waals surface area contributed by atoms with Crippen LogP contribution >= 0.6 is 39.0 Å². The van der Waals surface area contributed by atoms with E-state index in [0.717, 1.165) is 43.6 Å². The second-order valence-electron chi connectivity index (χ2n) is 9.63. The molecule has 1 fully saturated rings. The van der Waals surface area contributed by atoms with Crippen LogP contribution in [0, 0.1) is 18.7 Å². The Bertz CT molecular complexity index is 1740. The van der Waals surface area contributed by atoms with E-state index < -0.39 is 34.7 Å². The number of aryl methyl sites for hydroxylation is 1. The van der Waals surface area contributed by atoms with Crippen molar-refractivity contribution in [2.45, 2.75) is 29.7 Å². The Balaban J connectivity index is 1.41. The van der Waals surface area contributed by atoms with E-state index in [2.05, 4.69) is 21.2 Å². The average Bonchev–Trinajstić information content (AvgIpc) is 3.35. The van der Waals surface area contributed by atoms with Gasteiger partial charge in [0.05, 0.1) is 16.6 Å².